The van der Waals surface area contributed by atoms with Crippen LogP contribution in [0.25, 0.3) is 10.6 Å². The fourth-order valence-corrected chi connectivity index (χ4v) is 4.59. The highest BCUT2D eigenvalue weighted by molar-refractivity contribution is 7.46. The van der Waals surface area contributed by atoms with Crippen LogP contribution < -0.4 is 15.2 Å². The van der Waals surface area contributed by atoms with Gasteiger partial charge in [0.2, 0.25) is 0 Å². The van der Waals surface area contributed by atoms with Crippen LogP contribution in [0.2, 0.25) is 0 Å². The summed E-state index contributed by atoms with van der Waals surface area (Å²) in [5.41, 5.74) is 4.23. The number of aromatic nitrogens is 2. The van der Waals surface area contributed by atoms with Crippen molar-refractivity contribution in [3.8, 4) is 28.1 Å². The Morgan fingerprint density at radius 2 is 1.79 bits per heavy atom. The first-order chi connectivity index (χ1) is 18.3. The van der Waals surface area contributed by atoms with E-state index in [1.165, 1.54) is 19.1 Å². The molecule has 210 valence electrons. The number of hydrogen-bond donors (Lipinski definition) is 3. The number of halogens is 3. The van der Waals surface area contributed by atoms with Crippen LogP contribution in [0.15, 0.2) is 42.5 Å². The van der Waals surface area contributed by atoms with Crippen LogP contribution in [0.3, 0.4) is 0 Å². The first kappa shape index (κ1) is 30.5. The van der Waals surface area contributed by atoms with Crippen molar-refractivity contribution in [2.45, 2.75) is 37.9 Å². The molecular weight excluding hydrogens is 560 g/mol. The Hall–Kier alpha value is -3.05. The van der Waals surface area contributed by atoms with Gasteiger partial charge < -0.3 is 25.0 Å². The van der Waals surface area contributed by atoms with Crippen LogP contribution in [-0.4, -0.2) is 39.8 Å². The Morgan fingerprint density at radius 1 is 1.08 bits per heavy atom. The first-order valence-corrected chi connectivity index (χ1v) is 13.9. The van der Waals surface area contributed by atoms with Crippen molar-refractivity contribution in [2.24, 2.45) is 5.73 Å². The number of nitrogens with zero attached hydrogens (tertiary/aromatic N) is 3. The number of benzene rings is 2. The van der Waals surface area contributed by atoms with Gasteiger partial charge in [0.15, 0.2) is 0 Å². The fourth-order valence-electron chi connectivity index (χ4n) is 3.27. The molecule has 0 aliphatic carbocycles. The molecule has 10 nitrogen and oxygen atoms in total. The summed E-state index contributed by atoms with van der Waals surface area (Å²) in [7, 11) is -4.78. The molecule has 0 spiro atoms. The van der Waals surface area contributed by atoms with Gasteiger partial charge in [-0.3, -0.25) is 4.52 Å². The van der Waals surface area contributed by atoms with E-state index in [0.29, 0.717) is 37.2 Å². The van der Waals surface area contributed by atoms with Gasteiger partial charge in [-0.2, -0.15) is 18.4 Å². The van der Waals surface area contributed by atoms with E-state index in [1.807, 2.05) is 6.07 Å². The average Bonchev–Trinajstić information content (AvgIpc) is 3.38. The van der Waals surface area contributed by atoms with Gasteiger partial charge in [-0.15, -0.1) is 10.2 Å². The number of alkyl halides is 3. The van der Waals surface area contributed by atoms with Crippen LogP contribution in [0.1, 0.15) is 42.3 Å². The van der Waals surface area contributed by atoms with E-state index in [0.717, 1.165) is 17.4 Å². The summed E-state index contributed by atoms with van der Waals surface area (Å²) in [5, 5.41) is 16.9. The van der Waals surface area contributed by atoms with Crippen LogP contribution in [-0.2, 0) is 20.8 Å². The van der Waals surface area contributed by atoms with E-state index in [-0.39, 0.29) is 27.9 Å². The second-order valence-corrected chi connectivity index (χ2v) is 10.9. The molecule has 15 heteroatoms. The van der Waals surface area contributed by atoms with E-state index < -0.39 is 31.7 Å². The Balaban J connectivity index is 1.57. The van der Waals surface area contributed by atoms with Gasteiger partial charge in [-0.05, 0) is 62.6 Å². The van der Waals surface area contributed by atoms with Crippen molar-refractivity contribution in [1.29, 1.82) is 5.26 Å². The Morgan fingerprint density at radius 3 is 2.46 bits per heavy atom. The van der Waals surface area contributed by atoms with Crippen molar-refractivity contribution >= 4 is 19.2 Å². The van der Waals surface area contributed by atoms with Gasteiger partial charge in [-0.1, -0.05) is 17.4 Å². The lowest BCUT2D eigenvalue weighted by atomic mass is 10.1. The molecule has 39 heavy (non-hydrogen) atoms. The zero-order valence-electron chi connectivity index (χ0n) is 20.7. The lowest BCUT2D eigenvalue weighted by Gasteiger charge is -2.21. The van der Waals surface area contributed by atoms with Crippen LogP contribution in [0, 0.1) is 11.3 Å². The number of hydrogen-bond acceptors (Lipinski definition) is 9. The molecule has 4 N–H and O–H groups in total. The number of ether oxygens (including phenoxy) is 2. The predicted molar refractivity (Wildman–Crippen MR) is 136 cm³/mol. The molecule has 1 heterocycles. The molecule has 0 saturated carbocycles. The highest BCUT2D eigenvalue weighted by atomic mass is 32.1. The van der Waals surface area contributed by atoms with E-state index in [9.17, 15) is 17.7 Å². The lowest BCUT2D eigenvalue weighted by Crippen LogP contribution is -2.37. The maximum absolute atomic E-state index is 13.8. The third-order valence-corrected chi connectivity index (χ3v) is 6.97. The quantitative estimate of drug-likeness (QED) is 0.183. The van der Waals surface area contributed by atoms with E-state index in [2.05, 4.69) is 14.7 Å². The molecule has 3 rings (SSSR count). The average molecular weight is 587 g/mol. The molecule has 0 aliphatic heterocycles. The summed E-state index contributed by atoms with van der Waals surface area (Å²) < 4.78 is 67.8. The smallest absolute Gasteiger partial charge is 0.469 e. The standard InChI is InChI=1S/C24H26F3N4O6PS/c1-23(29,15-37-38(32,33)34)22-31-30-21(39-22)17-8-9-20(19(13-17)24(25,26)27)36-11-4-2-3-10-35-18-7-5-6-16(12-18)14-28/h5-9,12-13H,2-4,10-11,15,29H2,1H3,(H2,32,33,34)/t23-/m0/s1. The largest absolute Gasteiger partial charge is 0.494 e. The molecule has 3 aromatic rings. The van der Waals surface area contributed by atoms with E-state index in [1.54, 1.807) is 24.3 Å². The maximum Gasteiger partial charge on any atom is 0.469 e. The summed E-state index contributed by atoms with van der Waals surface area (Å²) in [5.74, 6) is 0.257. The van der Waals surface area contributed by atoms with E-state index in [4.69, 9.17) is 30.3 Å². The second kappa shape index (κ2) is 12.9. The molecule has 2 aromatic carbocycles. The highest BCUT2D eigenvalue weighted by Gasteiger charge is 2.35. The number of nitriles is 1. The first-order valence-electron chi connectivity index (χ1n) is 11.6. The summed E-state index contributed by atoms with van der Waals surface area (Å²) in [6, 6.07) is 12.3. The summed E-state index contributed by atoms with van der Waals surface area (Å²) >= 11 is 0.882. The Kier molecular flexibility index (Phi) is 10.1. The number of phosphoric acid groups is 1. The van der Waals surface area contributed by atoms with Crippen LogP contribution in [0.5, 0.6) is 11.5 Å². The normalized spacial score (nSPS) is 13.5. The van der Waals surface area contributed by atoms with Crippen molar-refractivity contribution in [3.63, 3.8) is 0 Å². The van der Waals surface area contributed by atoms with Gasteiger partial charge >= 0.3 is 14.0 Å². The number of nitrogens with two attached hydrogens (primary N) is 1. The molecule has 1 aromatic heterocycles. The van der Waals surface area contributed by atoms with E-state index >= 15 is 0 Å². The zero-order chi connectivity index (χ0) is 28.7. The van der Waals surface area contributed by atoms with Crippen LogP contribution >= 0.6 is 19.2 Å². The third kappa shape index (κ3) is 9.28. The molecule has 0 fully saturated rings. The molecule has 0 aliphatic rings. The summed E-state index contributed by atoms with van der Waals surface area (Å²) in [4.78, 5) is 17.8. The minimum absolute atomic E-state index is 0.0698. The topological polar surface area (TPSA) is 161 Å². The van der Waals surface area contributed by atoms with Gasteiger partial charge in [0.1, 0.15) is 21.5 Å². The van der Waals surface area contributed by atoms with Gasteiger partial charge in [0.25, 0.3) is 0 Å². The van der Waals surface area contributed by atoms with Gasteiger partial charge in [0.05, 0.1) is 42.6 Å². The maximum atomic E-state index is 13.8. The molecule has 0 amide bonds. The number of rotatable bonds is 13. The van der Waals surface area contributed by atoms with Crippen LogP contribution in [0.4, 0.5) is 13.2 Å². The monoisotopic (exact) mass is 586 g/mol. The van der Waals surface area contributed by atoms with Gasteiger partial charge in [0, 0.05) is 5.56 Å². The zero-order valence-corrected chi connectivity index (χ0v) is 22.4. The Labute approximate surface area is 226 Å². The minimum atomic E-state index is -4.78. The summed E-state index contributed by atoms with van der Waals surface area (Å²) in [6.45, 7) is 1.30. The van der Waals surface area contributed by atoms with Crippen molar-refractivity contribution in [1.82, 2.24) is 10.2 Å². The van der Waals surface area contributed by atoms with Crippen molar-refractivity contribution < 1.29 is 41.5 Å². The lowest BCUT2D eigenvalue weighted by molar-refractivity contribution is -0.138. The molecule has 0 saturated heterocycles. The third-order valence-electron chi connectivity index (χ3n) is 5.26. The fraction of sp³-hybridized carbons (Fsp3) is 0.375. The highest BCUT2D eigenvalue weighted by Crippen LogP contribution is 2.41. The second-order valence-electron chi connectivity index (χ2n) is 8.70. The molecule has 0 unspecified atom stereocenters. The molecule has 0 bridgehead atoms. The number of unbranched alkanes of at least 4 members (excludes halogenated alkanes) is 2. The SMILES string of the molecule is C[C@](N)(COP(=O)(O)O)c1nnc(-c2ccc(OCCCCCOc3cccc(C#N)c3)c(C(F)(F)F)c2)s1. The minimum Gasteiger partial charge on any atom is -0.494 e. The Bertz CT molecular complexity index is 1360. The molecule has 1 atom stereocenters. The van der Waals surface area contributed by atoms with Crippen molar-refractivity contribution in [3.05, 3.63) is 58.6 Å². The van der Waals surface area contributed by atoms with Crippen molar-refractivity contribution in [2.75, 3.05) is 19.8 Å². The molecular formula is C24H26F3N4O6PS. The predicted octanol–water partition coefficient (Wildman–Crippen LogP) is 5.01. The molecule has 0 radical (unpaired) electrons. The number of phosphoric ester groups is 1. The van der Waals surface area contributed by atoms with Gasteiger partial charge in [-0.25, -0.2) is 4.57 Å². The summed E-state index contributed by atoms with van der Waals surface area (Å²) in [6.07, 6.45) is -2.87.